The van der Waals surface area contributed by atoms with Crippen molar-refractivity contribution in [2.45, 2.75) is 19.2 Å². The van der Waals surface area contributed by atoms with Crippen molar-refractivity contribution in [1.29, 1.82) is 0 Å². The molecule has 0 radical (unpaired) electrons. The highest BCUT2D eigenvalue weighted by Gasteiger charge is 2.21. The van der Waals surface area contributed by atoms with E-state index in [-0.39, 0.29) is 6.23 Å². The molecular weight excluding hydrogens is 128 g/mol. The summed E-state index contributed by atoms with van der Waals surface area (Å²) in [5.41, 5.74) is 0. The first-order valence-corrected chi connectivity index (χ1v) is 3.70. The Morgan fingerprint density at radius 3 is 2.80 bits per heavy atom. The van der Waals surface area contributed by atoms with Gasteiger partial charge in [0.1, 0.15) is 6.23 Å². The molecule has 3 nitrogen and oxygen atoms in total. The van der Waals surface area contributed by atoms with Gasteiger partial charge in [-0.25, -0.2) is 0 Å². The van der Waals surface area contributed by atoms with Crippen LogP contribution in [0.2, 0.25) is 0 Å². The minimum atomic E-state index is 0.260. The summed E-state index contributed by atoms with van der Waals surface area (Å²) in [6, 6.07) is 0.594. The van der Waals surface area contributed by atoms with Gasteiger partial charge in [-0.1, -0.05) is 0 Å². The van der Waals surface area contributed by atoms with Crippen LogP contribution in [0.5, 0.6) is 0 Å². The largest absolute Gasteiger partial charge is 0.365 e. The van der Waals surface area contributed by atoms with Gasteiger partial charge in [-0.3, -0.25) is 4.90 Å². The number of likely N-dealkylation sites (N-methyl/N-ethyl adjacent to an activating group) is 1. The summed E-state index contributed by atoms with van der Waals surface area (Å²) in [6.45, 7) is 4.19. The van der Waals surface area contributed by atoms with Crippen molar-refractivity contribution in [3.05, 3.63) is 0 Å². The van der Waals surface area contributed by atoms with E-state index >= 15 is 0 Å². The van der Waals surface area contributed by atoms with E-state index in [9.17, 15) is 0 Å². The van der Waals surface area contributed by atoms with Gasteiger partial charge >= 0.3 is 0 Å². The molecule has 1 aliphatic heterocycles. The maximum absolute atomic E-state index is 5.22. The number of hydrogen-bond acceptors (Lipinski definition) is 3. The molecule has 0 aliphatic carbocycles. The lowest BCUT2D eigenvalue weighted by molar-refractivity contribution is -0.0396. The number of rotatable bonds is 1. The normalized spacial score (nSPS) is 36.3. The molecule has 3 heteroatoms. The number of nitrogens with zero attached hydrogens (tertiary/aromatic N) is 1. The number of methoxy groups -OCH3 is 1. The average molecular weight is 144 g/mol. The molecule has 0 amide bonds. The third-order valence-corrected chi connectivity index (χ3v) is 1.97. The van der Waals surface area contributed by atoms with Crippen molar-refractivity contribution >= 4 is 0 Å². The summed E-state index contributed by atoms with van der Waals surface area (Å²) >= 11 is 0. The standard InChI is InChI=1S/C7H16N2O/c1-6-5-9(2)7(10-3)4-8-6/h6-8H,4-5H2,1-3H3/t6-,7?/m1/s1. The van der Waals surface area contributed by atoms with Gasteiger partial charge in [0.15, 0.2) is 0 Å². The lowest BCUT2D eigenvalue weighted by Crippen LogP contribution is -2.54. The van der Waals surface area contributed by atoms with E-state index in [0.717, 1.165) is 13.1 Å². The highest BCUT2D eigenvalue weighted by molar-refractivity contribution is 4.75. The first-order valence-electron chi connectivity index (χ1n) is 3.70. The molecule has 1 N–H and O–H groups in total. The van der Waals surface area contributed by atoms with Crippen LogP contribution in [0.1, 0.15) is 6.92 Å². The van der Waals surface area contributed by atoms with Crippen molar-refractivity contribution in [1.82, 2.24) is 10.2 Å². The molecule has 0 aromatic carbocycles. The SMILES string of the molecule is COC1CN[C@H](C)CN1C. The van der Waals surface area contributed by atoms with Gasteiger partial charge < -0.3 is 10.1 Å². The molecule has 0 spiro atoms. The Hall–Kier alpha value is -0.120. The van der Waals surface area contributed by atoms with Crippen LogP contribution in [0.3, 0.4) is 0 Å². The van der Waals surface area contributed by atoms with Crippen molar-refractivity contribution in [2.24, 2.45) is 0 Å². The third kappa shape index (κ3) is 1.68. The fourth-order valence-corrected chi connectivity index (χ4v) is 1.34. The number of piperazine rings is 1. The molecule has 60 valence electrons. The molecule has 1 unspecified atom stereocenters. The summed E-state index contributed by atoms with van der Waals surface area (Å²) in [5, 5.41) is 3.35. The van der Waals surface area contributed by atoms with E-state index in [2.05, 4.69) is 24.2 Å². The molecule has 1 rings (SSSR count). The van der Waals surface area contributed by atoms with E-state index in [1.165, 1.54) is 0 Å². The summed E-state index contributed by atoms with van der Waals surface area (Å²) in [4.78, 5) is 2.22. The first kappa shape index (κ1) is 7.98. The Morgan fingerprint density at radius 2 is 2.30 bits per heavy atom. The Balaban J connectivity index is 2.36. The highest BCUT2D eigenvalue weighted by atomic mass is 16.5. The molecule has 10 heavy (non-hydrogen) atoms. The summed E-state index contributed by atoms with van der Waals surface area (Å²) < 4.78 is 5.22. The minimum absolute atomic E-state index is 0.260. The van der Waals surface area contributed by atoms with Crippen LogP contribution in [0.4, 0.5) is 0 Å². The van der Waals surface area contributed by atoms with Crippen molar-refractivity contribution in [2.75, 3.05) is 27.2 Å². The zero-order valence-corrected chi connectivity index (χ0v) is 6.92. The summed E-state index contributed by atoms with van der Waals surface area (Å²) in [5.74, 6) is 0. The van der Waals surface area contributed by atoms with Gasteiger partial charge in [-0.15, -0.1) is 0 Å². The molecule has 0 bridgehead atoms. The second kappa shape index (κ2) is 3.32. The Labute approximate surface area is 62.3 Å². The van der Waals surface area contributed by atoms with Gasteiger partial charge in [-0.05, 0) is 14.0 Å². The van der Waals surface area contributed by atoms with Crippen LogP contribution < -0.4 is 5.32 Å². The van der Waals surface area contributed by atoms with Crippen molar-refractivity contribution in [3.8, 4) is 0 Å². The molecular formula is C7H16N2O. The molecule has 2 atom stereocenters. The third-order valence-electron chi connectivity index (χ3n) is 1.97. The monoisotopic (exact) mass is 144 g/mol. The quantitative estimate of drug-likeness (QED) is 0.555. The Kier molecular flexibility index (Phi) is 2.65. The zero-order valence-electron chi connectivity index (χ0n) is 6.92. The Morgan fingerprint density at radius 1 is 1.60 bits per heavy atom. The number of nitrogens with one attached hydrogen (secondary N) is 1. The smallest absolute Gasteiger partial charge is 0.122 e. The van der Waals surface area contributed by atoms with Crippen LogP contribution in [0, 0.1) is 0 Å². The van der Waals surface area contributed by atoms with Crippen LogP contribution >= 0.6 is 0 Å². The second-order valence-electron chi connectivity index (χ2n) is 2.94. The van der Waals surface area contributed by atoms with Gasteiger partial charge in [0.2, 0.25) is 0 Å². The van der Waals surface area contributed by atoms with E-state index in [1.54, 1.807) is 7.11 Å². The predicted molar refractivity (Wildman–Crippen MR) is 40.9 cm³/mol. The lowest BCUT2D eigenvalue weighted by Gasteiger charge is -2.35. The van der Waals surface area contributed by atoms with Gasteiger partial charge in [-0.2, -0.15) is 0 Å². The molecule has 1 aliphatic rings. The average Bonchev–Trinajstić information content (AvgIpc) is 1.88. The van der Waals surface area contributed by atoms with E-state index in [4.69, 9.17) is 4.74 Å². The predicted octanol–water partition coefficient (Wildman–Crippen LogP) is -0.118. The van der Waals surface area contributed by atoms with Crippen LogP contribution in [-0.2, 0) is 4.74 Å². The maximum Gasteiger partial charge on any atom is 0.122 e. The number of hydrogen-bond donors (Lipinski definition) is 1. The molecule has 1 saturated heterocycles. The van der Waals surface area contributed by atoms with E-state index < -0.39 is 0 Å². The van der Waals surface area contributed by atoms with Gasteiger partial charge in [0.05, 0.1) is 0 Å². The van der Waals surface area contributed by atoms with Crippen molar-refractivity contribution in [3.63, 3.8) is 0 Å². The first-order chi connectivity index (χ1) is 4.74. The fourth-order valence-electron chi connectivity index (χ4n) is 1.34. The van der Waals surface area contributed by atoms with Crippen molar-refractivity contribution < 1.29 is 4.74 Å². The molecule has 1 fully saturated rings. The van der Waals surface area contributed by atoms with Gasteiger partial charge in [0, 0.05) is 26.2 Å². The molecule has 1 heterocycles. The minimum Gasteiger partial charge on any atom is -0.365 e. The Bertz CT molecular complexity index is 108. The van der Waals surface area contributed by atoms with Crippen LogP contribution in [0.25, 0.3) is 0 Å². The molecule has 0 aromatic heterocycles. The van der Waals surface area contributed by atoms with Crippen LogP contribution in [-0.4, -0.2) is 44.4 Å². The maximum atomic E-state index is 5.22. The second-order valence-corrected chi connectivity index (χ2v) is 2.94. The molecule has 0 saturated carbocycles. The highest BCUT2D eigenvalue weighted by Crippen LogP contribution is 2.03. The summed E-state index contributed by atoms with van der Waals surface area (Å²) in [6.07, 6.45) is 0.260. The fraction of sp³-hybridized carbons (Fsp3) is 1.00. The topological polar surface area (TPSA) is 24.5 Å². The summed E-state index contributed by atoms with van der Waals surface area (Å²) in [7, 11) is 3.84. The lowest BCUT2D eigenvalue weighted by atomic mass is 10.2. The van der Waals surface area contributed by atoms with Crippen LogP contribution in [0.15, 0.2) is 0 Å². The zero-order chi connectivity index (χ0) is 7.56. The molecule has 0 aromatic rings. The van der Waals surface area contributed by atoms with Gasteiger partial charge in [0.25, 0.3) is 0 Å². The number of ether oxygens (including phenoxy) is 1. The van der Waals surface area contributed by atoms with E-state index in [0.29, 0.717) is 6.04 Å². The van der Waals surface area contributed by atoms with E-state index in [1.807, 2.05) is 0 Å².